The monoisotopic (exact) mass is 469 g/mol. The zero-order valence-electron chi connectivity index (χ0n) is 18.8. The fourth-order valence-electron chi connectivity index (χ4n) is 2.85. The molecular weight excluding hydrogens is 437 g/mol. The van der Waals surface area contributed by atoms with Crippen molar-refractivity contribution in [3.05, 3.63) is 17.8 Å². The summed E-state index contributed by atoms with van der Waals surface area (Å²) in [5.74, 6) is -0.176. The number of aromatic nitrogens is 3. The SMILES string of the molecule is [B]c1c(CN2CC(S(C)(=O)=O)C2)nnn1CCOCCOCCOCCNC(=O)C(=C)C. The fourth-order valence-corrected chi connectivity index (χ4v) is 3.81. The van der Waals surface area contributed by atoms with E-state index in [1.54, 1.807) is 11.6 Å². The highest BCUT2D eigenvalue weighted by atomic mass is 32.2. The molecule has 0 bridgehead atoms. The largest absolute Gasteiger partial charge is 0.377 e. The van der Waals surface area contributed by atoms with Crippen molar-refractivity contribution in [1.29, 1.82) is 0 Å². The van der Waals surface area contributed by atoms with Crippen molar-refractivity contribution >= 4 is 29.2 Å². The zero-order chi connectivity index (χ0) is 23.6. The lowest BCUT2D eigenvalue weighted by Crippen LogP contribution is -2.54. The van der Waals surface area contributed by atoms with Crippen LogP contribution in [0.25, 0.3) is 0 Å². The van der Waals surface area contributed by atoms with Crippen LogP contribution in [0.4, 0.5) is 0 Å². The smallest absolute Gasteiger partial charge is 0.246 e. The average Bonchev–Trinajstić information content (AvgIpc) is 3.03. The number of carbonyl (C=O) groups excluding carboxylic acids is 1. The Balaban J connectivity index is 1.46. The van der Waals surface area contributed by atoms with Crippen LogP contribution >= 0.6 is 0 Å². The van der Waals surface area contributed by atoms with Crippen molar-refractivity contribution in [3.8, 4) is 0 Å². The highest BCUT2D eigenvalue weighted by molar-refractivity contribution is 7.91. The van der Waals surface area contributed by atoms with Crippen LogP contribution in [0.5, 0.6) is 0 Å². The summed E-state index contributed by atoms with van der Waals surface area (Å²) in [5.41, 5.74) is 1.57. The summed E-state index contributed by atoms with van der Waals surface area (Å²) < 4.78 is 40.8. The van der Waals surface area contributed by atoms with Crippen molar-refractivity contribution in [2.75, 3.05) is 65.5 Å². The van der Waals surface area contributed by atoms with Crippen LogP contribution in [-0.2, 0) is 41.9 Å². The number of amides is 1. The normalized spacial score (nSPS) is 14.9. The van der Waals surface area contributed by atoms with Gasteiger partial charge < -0.3 is 19.5 Å². The van der Waals surface area contributed by atoms with E-state index in [0.29, 0.717) is 89.2 Å². The Morgan fingerprint density at radius 1 is 1.16 bits per heavy atom. The van der Waals surface area contributed by atoms with Crippen LogP contribution in [0, 0.1) is 0 Å². The van der Waals surface area contributed by atoms with Crippen molar-refractivity contribution < 1.29 is 27.4 Å². The number of hydrogen-bond acceptors (Lipinski definition) is 9. The van der Waals surface area contributed by atoms with Gasteiger partial charge in [0.25, 0.3) is 0 Å². The first-order valence-corrected chi connectivity index (χ1v) is 12.4. The standard InChI is InChI=1S/C19H32BN5O6S/c1-15(2)19(26)21-4-6-29-8-10-31-11-9-30-7-5-25-18(20)17(22-23-25)14-24-12-16(13-24)32(3,27)28/h16H,1,4-14H2,2-3H3,(H,21,26). The molecule has 0 aromatic carbocycles. The highest BCUT2D eigenvalue weighted by Gasteiger charge is 2.34. The fraction of sp³-hybridized carbons (Fsp3) is 0.737. The molecule has 178 valence electrons. The molecule has 0 unspecified atom stereocenters. The van der Waals surface area contributed by atoms with E-state index in [-0.39, 0.29) is 11.2 Å². The minimum atomic E-state index is -3.00. The minimum absolute atomic E-state index is 0.176. The van der Waals surface area contributed by atoms with Crippen molar-refractivity contribution in [2.45, 2.75) is 25.3 Å². The topological polar surface area (TPSA) is 125 Å². The predicted octanol–water partition coefficient (Wildman–Crippen LogP) is -1.96. The third-order valence-corrected chi connectivity index (χ3v) is 6.37. The summed E-state index contributed by atoms with van der Waals surface area (Å²) in [6, 6.07) is 0. The molecule has 0 saturated carbocycles. The lowest BCUT2D eigenvalue weighted by Gasteiger charge is -2.37. The molecule has 2 rings (SSSR count). The molecule has 1 N–H and O–H groups in total. The quantitative estimate of drug-likeness (QED) is 0.167. The Morgan fingerprint density at radius 3 is 2.34 bits per heavy atom. The summed E-state index contributed by atoms with van der Waals surface area (Å²) >= 11 is 0. The third-order valence-electron chi connectivity index (χ3n) is 4.86. The molecule has 13 heteroatoms. The van der Waals surface area contributed by atoms with Gasteiger partial charge in [0, 0.05) is 43.6 Å². The first-order valence-electron chi connectivity index (χ1n) is 10.4. The first kappa shape index (κ1) is 26.5. The summed E-state index contributed by atoms with van der Waals surface area (Å²) in [6.07, 6.45) is 1.26. The maximum atomic E-state index is 11.5. The molecule has 0 spiro atoms. The Labute approximate surface area is 190 Å². The Hall–Kier alpha value is -1.80. The highest BCUT2D eigenvalue weighted by Crippen LogP contribution is 2.17. The molecule has 0 atom stereocenters. The first-order chi connectivity index (χ1) is 15.2. The maximum Gasteiger partial charge on any atom is 0.246 e. The van der Waals surface area contributed by atoms with Gasteiger partial charge in [0.1, 0.15) is 7.85 Å². The molecular formula is C19H32BN5O6S. The van der Waals surface area contributed by atoms with Crippen molar-refractivity contribution in [3.63, 3.8) is 0 Å². The molecule has 1 amide bonds. The number of hydrogen-bond donors (Lipinski definition) is 1. The molecule has 1 fully saturated rings. The number of likely N-dealkylation sites (tertiary alicyclic amines) is 1. The summed E-state index contributed by atoms with van der Waals surface area (Å²) in [4.78, 5) is 13.2. The average molecular weight is 469 g/mol. The number of nitrogens with one attached hydrogen (secondary N) is 1. The van der Waals surface area contributed by atoms with Gasteiger partial charge in [-0.15, -0.1) is 5.10 Å². The van der Waals surface area contributed by atoms with Gasteiger partial charge in [-0.25, -0.2) is 8.42 Å². The Bertz CT molecular complexity index is 856. The van der Waals surface area contributed by atoms with E-state index in [4.69, 9.17) is 22.1 Å². The number of ether oxygens (including phenoxy) is 3. The summed E-state index contributed by atoms with van der Waals surface area (Å²) in [6.45, 7) is 10.1. The molecule has 11 nitrogen and oxygen atoms in total. The number of nitrogens with zero attached hydrogens (tertiary/aromatic N) is 4. The van der Waals surface area contributed by atoms with Crippen LogP contribution in [0.1, 0.15) is 12.6 Å². The van der Waals surface area contributed by atoms with Gasteiger partial charge in [0.2, 0.25) is 5.91 Å². The number of carbonyl (C=O) groups is 1. The van der Waals surface area contributed by atoms with Crippen molar-refractivity contribution in [1.82, 2.24) is 25.2 Å². The number of rotatable bonds is 16. The zero-order valence-corrected chi connectivity index (χ0v) is 19.6. The van der Waals surface area contributed by atoms with E-state index in [0.717, 1.165) is 0 Å². The lowest BCUT2D eigenvalue weighted by molar-refractivity contribution is -0.117. The van der Waals surface area contributed by atoms with Gasteiger partial charge in [-0.1, -0.05) is 11.8 Å². The van der Waals surface area contributed by atoms with Crippen LogP contribution in [0.3, 0.4) is 0 Å². The lowest BCUT2D eigenvalue weighted by atomic mass is 10.0. The van der Waals surface area contributed by atoms with Gasteiger partial charge in [-0.3, -0.25) is 14.4 Å². The van der Waals surface area contributed by atoms with E-state index in [2.05, 4.69) is 22.2 Å². The molecule has 1 aliphatic rings. The maximum absolute atomic E-state index is 11.5. The molecule has 0 aliphatic carbocycles. The molecule has 2 heterocycles. The van der Waals surface area contributed by atoms with E-state index < -0.39 is 9.84 Å². The van der Waals surface area contributed by atoms with Gasteiger partial charge >= 0.3 is 0 Å². The van der Waals surface area contributed by atoms with Crippen LogP contribution in [-0.4, -0.2) is 113 Å². The third kappa shape index (κ3) is 8.98. The molecule has 1 aliphatic heterocycles. The van der Waals surface area contributed by atoms with Crippen LogP contribution in [0.15, 0.2) is 12.2 Å². The number of sulfone groups is 1. The van der Waals surface area contributed by atoms with E-state index in [1.807, 2.05) is 4.90 Å². The van der Waals surface area contributed by atoms with Crippen molar-refractivity contribution in [2.24, 2.45) is 0 Å². The molecule has 32 heavy (non-hydrogen) atoms. The van der Waals surface area contributed by atoms with E-state index in [1.165, 1.54) is 6.26 Å². The van der Waals surface area contributed by atoms with E-state index >= 15 is 0 Å². The molecule has 1 saturated heterocycles. The second kappa shape index (κ2) is 13.0. The molecule has 1 aromatic heterocycles. The molecule has 2 radical (unpaired) electrons. The summed E-state index contributed by atoms with van der Waals surface area (Å²) in [7, 11) is 3.09. The van der Waals surface area contributed by atoms with Gasteiger partial charge in [0.05, 0.1) is 57.1 Å². The second-order valence-corrected chi connectivity index (χ2v) is 9.99. The minimum Gasteiger partial charge on any atom is -0.377 e. The Morgan fingerprint density at radius 2 is 1.75 bits per heavy atom. The van der Waals surface area contributed by atoms with Crippen LogP contribution in [0.2, 0.25) is 0 Å². The van der Waals surface area contributed by atoms with E-state index in [9.17, 15) is 13.2 Å². The van der Waals surface area contributed by atoms with Crippen LogP contribution < -0.4 is 10.9 Å². The second-order valence-electron chi connectivity index (χ2n) is 7.66. The van der Waals surface area contributed by atoms with Gasteiger partial charge in [-0.2, -0.15) is 0 Å². The van der Waals surface area contributed by atoms with Gasteiger partial charge in [0.15, 0.2) is 9.84 Å². The molecule has 1 aromatic rings. The predicted molar refractivity (Wildman–Crippen MR) is 120 cm³/mol. The summed E-state index contributed by atoms with van der Waals surface area (Å²) in [5, 5.41) is 10.5. The van der Waals surface area contributed by atoms with Gasteiger partial charge in [-0.05, 0) is 6.92 Å². The Kier molecular flexibility index (Phi) is 10.8.